The van der Waals surface area contributed by atoms with E-state index in [0.717, 1.165) is 36.8 Å². The van der Waals surface area contributed by atoms with Gasteiger partial charge in [-0.15, -0.1) is 0 Å². The van der Waals surface area contributed by atoms with Gasteiger partial charge in [-0.1, -0.05) is 0 Å². The van der Waals surface area contributed by atoms with Gasteiger partial charge in [0.05, 0.1) is 19.3 Å². The highest BCUT2D eigenvalue weighted by molar-refractivity contribution is 5.80. The van der Waals surface area contributed by atoms with Crippen LogP contribution in [0.15, 0.2) is 47.6 Å². The van der Waals surface area contributed by atoms with Gasteiger partial charge >= 0.3 is 0 Å². The van der Waals surface area contributed by atoms with E-state index in [1.807, 2.05) is 50.2 Å². The zero-order valence-corrected chi connectivity index (χ0v) is 16.5. The standard InChI is InChI=1S/C21H28N4O3/c1-3-22-21(25-12-10-17(26)15-25)24-14-16-9-11-23-20(13-16)28-19-7-5-18(6-8-19)27-4-2/h5-9,11,13,17,26H,3-4,10,12,14-15H2,1-2H3,(H,22,24)/t17-/m1/s1. The molecule has 1 fully saturated rings. The molecule has 7 heteroatoms. The lowest BCUT2D eigenvalue weighted by Gasteiger charge is -2.20. The van der Waals surface area contributed by atoms with Crippen molar-refractivity contribution in [3.63, 3.8) is 0 Å². The molecule has 28 heavy (non-hydrogen) atoms. The molecule has 1 aromatic carbocycles. The van der Waals surface area contributed by atoms with Crippen LogP contribution in [0, 0.1) is 0 Å². The van der Waals surface area contributed by atoms with Crippen LogP contribution < -0.4 is 14.8 Å². The van der Waals surface area contributed by atoms with Crippen LogP contribution in [-0.2, 0) is 6.54 Å². The Hall–Kier alpha value is -2.80. The first-order valence-corrected chi connectivity index (χ1v) is 9.75. The molecule has 0 saturated carbocycles. The molecule has 3 rings (SSSR count). The molecule has 0 spiro atoms. The van der Waals surface area contributed by atoms with Crippen LogP contribution in [0.4, 0.5) is 0 Å². The van der Waals surface area contributed by atoms with E-state index < -0.39 is 0 Å². The Bertz CT molecular complexity index is 779. The molecule has 2 N–H and O–H groups in total. The summed E-state index contributed by atoms with van der Waals surface area (Å²) in [7, 11) is 0. The molecule has 1 aromatic heterocycles. The maximum atomic E-state index is 9.77. The Morgan fingerprint density at radius 1 is 1.25 bits per heavy atom. The number of ether oxygens (including phenoxy) is 2. The zero-order chi connectivity index (χ0) is 19.8. The van der Waals surface area contributed by atoms with E-state index in [0.29, 0.717) is 31.3 Å². The first kappa shape index (κ1) is 19.9. The smallest absolute Gasteiger partial charge is 0.219 e. The molecule has 2 aromatic rings. The first-order valence-electron chi connectivity index (χ1n) is 9.75. The van der Waals surface area contributed by atoms with Crippen LogP contribution in [0.2, 0.25) is 0 Å². The highest BCUT2D eigenvalue weighted by Gasteiger charge is 2.22. The Morgan fingerprint density at radius 3 is 2.71 bits per heavy atom. The van der Waals surface area contributed by atoms with E-state index in [-0.39, 0.29) is 6.10 Å². The lowest BCUT2D eigenvalue weighted by Crippen LogP contribution is -2.40. The zero-order valence-electron chi connectivity index (χ0n) is 16.5. The average Bonchev–Trinajstić information content (AvgIpc) is 3.13. The number of hydrogen-bond donors (Lipinski definition) is 2. The fourth-order valence-electron chi connectivity index (χ4n) is 3.02. The minimum Gasteiger partial charge on any atom is -0.494 e. The fourth-order valence-corrected chi connectivity index (χ4v) is 3.02. The molecule has 1 aliphatic heterocycles. The van der Waals surface area contributed by atoms with Gasteiger partial charge in [0.2, 0.25) is 5.88 Å². The fraction of sp³-hybridized carbons (Fsp3) is 0.429. The Labute approximate surface area is 166 Å². The van der Waals surface area contributed by atoms with Gasteiger partial charge in [-0.25, -0.2) is 9.98 Å². The van der Waals surface area contributed by atoms with Crippen molar-refractivity contribution in [1.82, 2.24) is 15.2 Å². The lowest BCUT2D eigenvalue weighted by atomic mass is 10.2. The second-order valence-corrected chi connectivity index (χ2v) is 6.57. The highest BCUT2D eigenvalue weighted by atomic mass is 16.5. The van der Waals surface area contributed by atoms with Gasteiger partial charge < -0.3 is 24.8 Å². The summed E-state index contributed by atoms with van der Waals surface area (Å²) in [6, 6.07) is 11.3. The van der Waals surface area contributed by atoms with E-state index in [1.54, 1.807) is 6.20 Å². The van der Waals surface area contributed by atoms with Crippen LogP contribution in [0.3, 0.4) is 0 Å². The summed E-state index contributed by atoms with van der Waals surface area (Å²) in [6.07, 6.45) is 2.22. The number of aliphatic hydroxyl groups is 1. The molecule has 0 radical (unpaired) electrons. The number of benzene rings is 1. The predicted molar refractivity (Wildman–Crippen MR) is 109 cm³/mol. The summed E-state index contributed by atoms with van der Waals surface area (Å²) in [5, 5.41) is 13.1. The molecule has 1 aliphatic rings. The van der Waals surface area contributed by atoms with E-state index >= 15 is 0 Å². The van der Waals surface area contributed by atoms with Crippen molar-refractivity contribution in [1.29, 1.82) is 0 Å². The second kappa shape index (κ2) is 9.94. The molecular weight excluding hydrogens is 356 g/mol. The van der Waals surface area contributed by atoms with Crippen molar-refractivity contribution in [3.8, 4) is 17.4 Å². The Kier molecular flexibility index (Phi) is 7.08. The number of likely N-dealkylation sites (tertiary alicyclic amines) is 1. The number of aromatic nitrogens is 1. The third-order valence-corrected chi connectivity index (χ3v) is 4.37. The van der Waals surface area contributed by atoms with E-state index in [9.17, 15) is 5.11 Å². The predicted octanol–water partition coefficient (Wildman–Crippen LogP) is 2.80. The summed E-state index contributed by atoms with van der Waals surface area (Å²) in [5.74, 6) is 2.87. The summed E-state index contributed by atoms with van der Waals surface area (Å²) in [4.78, 5) is 11.1. The molecule has 150 valence electrons. The number of hydrogen-bond acceptors (Lipinski definition) is 5. The molecular formula is C21H28N4O3. The number of pyridine rings is 1. The van der Waals surface area contributed by atoms with Gasteiger partial charge in [-0.05, 0) is 56.2 Å². The largest absolute Gasteiger partial charge is 0.494 e. The molecule has 0 unspecified atom stereocenters. The molecule has 7 nitrogen and oxygen atoms in total. The molecule has 1 saturated heterocycles. The van der Waals surface area contributed by atoms with Crippen molar-refractivity contribution in [2.45, 2.75) is 32.9 Å². The van der Waals surface area contributed by atoms with E-state index in [2.05, 4.69) is 15.2 Å². The quantitative estimate of drug-likeness (QED) is 0.565. The van der Waals surface area contributed by atoms with Crippen LogP contribution in [0.5, 0.6) is 17.4 Å². The molecule has 1 atom stereocenters. The monoisotopic (exact) mass is 384 g/mol. The van der Waals surface area contributed by atoms with Gasteiger partial charge in [-0.3, -0.25) is 0 Å². The van der Waals surface area contributed by atoms with Gasteiger partial charge in [0.15, 0.2) is 5.96 Å². The number of rotatable bonds is 7. The number of aliphatic imine (C=N–C) groups is 1. The van der Waals surface area contributed by atoms with Crippen LogP contribution in [0.1, 0.15) is 25.8 Å². The van der Waals surface area contributed by atoms with Crippen LogP contribution in [0.25, 0.3) is 0 Å². The molecule has 2 heterocycles. The minimum atomic E-state index is -0.279. The number of nitrogens with one attached hydrogen (secondary N) is 1. The summed E-state index contributed by atoms with van der Waals surface area (Å²) < 4.78 is 11.3. The summed E-state index contributed by atoms with van der Waals surface area (Å²) in [5.41, 5.74) is 1.01. The Morgan fingerprint density at radius 2 is 2.04 bits per heavy atom. The van der Waals surface area contributed by atoms with Crippen LogP contribution >= 0.6 is 0 Å². The second-order valence-electron chi connectivity index (χ2n) is 6.57. The summed E-state index contributed by atoms with van der Waals surface area (Å²) in [6.45, 7) is 7.36. The van der Waals surface area contributed by atoms with Crippen molar-refractivity contribution in [2.24, 2.45) is 4.99 Å². The maximum absolute atomic E-state index is 9.77. The van der Waals surface area contributed by atoms with Crippen molar-refractivity contribution in [2.75, 3.05) is 26.2 Å². The van der Waals surface area contributed by atoms with E-state index in [1.165, 1.54) is 0 Å². The number of nitrogens with zero attached hydrogens (tertiary/aromatic N) is 3. The van der Waals surface area contributed by atoms with Crippen molar-refractivity contribution < 1.29 is 14.6 Å². The maximum Gasteiger partial charge on any atom is 0.219 e. The number of β-amino-alcohol motifs (C(OH)–C–C–N with tert-alkyl or cyclic N) is 1. The van der Waals surface area contributed by atoms with Gasteiger partial charge in [0.1, 0.15) is 11.5 Å². The van der Waals surface area contributed by atoms with Crippen molar-refractivity contribution in [3.05, 3.63) is 48.2 Å². The number of guanidine groups is 1. The average molecular weight is 384 g/mol. The minimum absolute atomic E-state index is 0.279. The SMILES string of the molecule is CCNC(=NCc1ccnc(Oc2ccc(OCC)cc2)c1)N1CC[C@@H](O)C1. The third-order valence-electron chi connectivity index (χ3n) is 4.37. The first-order chi connectivity index (χ1) is 13.7. The third kappa shape index (κ3) is 5.60. The molecule has 0 aliphatic carbocycles. The van der Waals surface area contributed by atoms with Gasteiger partial charge in [-0.2, -0.15) is 0 Å². The van der Waals surface area contributed by atoms with Crippen molar-refractivity contribution >= 4 is 5.96 Å². The van der Waals surface area contributed by atoms with Crippen LogP contribution in [-0.4, -0.2) is 53.3 Å². The van der Waals surface area contributed by atoms with Gasteiger partial charge in [0.25, 0.3) is 0 Å². The normalized spacial score (nSPS) is 16.9. The Balaban J connectivity index is 1.64. The number of aliphatic hydroxyl groups excluding tert-OH is 1. The lowest BCUT2D eigenvalue weighted by molar-refractivity contribution is 0.188. The van der Waals surface area contributed by atoms with E-state index in [4.69, 9.17) is 14.5 Å². The molecule has 0 bridgehead atoms. The molecule has 0 amide bonds. The topological polar surface area (TPSA) is 79.2 Å². The highest BCUT2D eigenvalue weighted by Crippen LogP contribution is 2.23. The summed E-state index contributed by atoms with van der Waals surface area (Å²) >= 11 is 0. The van der Waals surface area contributed by atoms with Gasteiger partial charge in [0, 0.05) is 31.9 Å².